The Kier molecular flexibility index (Phi) is 5.58. The average Bonchev–Trinajstić information content (AvgIpc) is 2.35. The minimum atomic E-state index is -3.40. The van der Waals surface area contributed by atoms with Gasteiger partial charge in [-0.05, 0) is 31.5 Å². The van der Waals surface area contributed by atoms with Crippen LogP contribution in [0.3, 0.4) is 0 Å². The van der Waals surface area contributed by atoms with Gasteiger partial charge in [0.05, 0.1) is 5.69 Å². The van der Waals surface area contributed by atoms with Crippen LogP contribution in [-0.2, 0) is 10.0 Å². The molecule has 1 aromatic carbocycles. The van der Waals surface area contributed by atoms with E-state index in [1.807, 2.05) is 6.07 Å². The number of benzene rings is 1. The van der Waals surface area contributed by atoms with Crippen molar-refractivity contribution in [1.82, 2.24) is 4.31 Å². The summed E-state index contributed by atoms with van der Waals surface area (Å²) < 4.78 is 25.4. The lowest BCUT2D eigenvalue weighted by Crippen LogP contribution is -2.23. The van der Waals surface area contributed by atoms with Crippen LogP contribution in [0, 0.1) is 0 Å². The molecule has 102 valence electrons. The first kappa shape index (κ1) is 14.9. The van der Waals surface area contributed by atoms with Gasteiger partial charge >= 0.3 is 0 Å². The summed E-state index contributed by atoms with van der Waals surface area (Å²) in [6.45, 7) is 1.37. The molecule has 0 unspecified atom stereocenters. The fraction of sp³-hybridized carbons (Fsp3) is 0.500. The molecular weight excluding hydrogens is 250 g/mol. The molecule has 0 heterocycles. The van der Waals surface area contributed by atoms with Gasteiger partial charge in [-0.15, -0.1) is 0 Å². The Labute approximate surface area is 109 Å². The first-order chi connectivity index (χ1) is 8.50. The van der Waals surface area contributed by atoms with Crippen molar-refractivity contribution < 1.29 is 8.42 Å². The second-order valence-corrected chi connectivity index (χ2v) is 6.33. The van der Waals surface area contributed by atoms with Gasteiger partial charge in [0.25, 0.3) is 0 Å². The molecule has 5 nitrogen and oxygen atoms in total. The summed E-state index contributed by atoms with van der Waals surface area (Å²) in [6, 6.07) is 6.93. The van der Waals surface area contributed by atoms with E-state index < -0.39 is 10.0 Å². The standard InChI is InChI=1S/C12H21N3O2S/c1-15(2)18(16,17)12-8-4-3-7-11(12)14-10-6-5-9-13/h3-4,7-8,14H,5-6,9-10,13H2,1-2H3. The maximum Gasteiger partial charge on any atom is 0.244 e. The predicted molar refractivity (Wildman–Crippen MR) is 74.1 cm³/mol. The highest BCUT2D eigenvalue weighted by Gasteiger charge is 2.20. The van der Waals surface area contributed by atoms with Gasteiger partial charge < -0.3 is 11.1 Å². The van der Waals surface area contributed by atoms with E-state index in [9.17, 15) is 8.42 Å². The molecule has 0 saturated carbocycles. The Morgan fingerprint density at radius 3 is 2.50 bits per heavy atom. The number of unbranched alkanes of at least 4 members (excludes halogenated alkanes) is 1. The second kappa shape index (κ2) is 6.72. The summed E-state index contributed by atoms with van der Waals surface area (Å²) in [7, 11) is -0.347. The third kappa shape index (κ3) is 3.69. The summed E-state index contributed by atoms with van der Waals surface area (Å²) in [5.74, 6) is 0. The maximum atomic E-state index is 12.1. The Bertz CT molecular complexity index is 472. The molecule has 0 saturated heterocycles. The number of anilines is 1. The van der Waals surface area contributed by atoms with Gasteiger partial charge in [-0.25, -0.2) is 12.7 Å². The van der Waals surface area contributed by atoms with Crippen molar-refractivity contribution >= 4 is 15.7 Å². The Morgan fingerprint density at radius 1 is 1.22 bits per heavy atom. The summed E-state index contributed by atoms with van der Waals surface area (Å²) in [4.78, 5) is 0.308. The topological polar surface area (TPSA) is 75.4 Å². The number of nitrogens with one attached hydrogen (secondary N) is 1. The number of hydrogen-bond donors (Lipinski definition) is 2. The van der Waals surface area contributed by atoms with Gasteiger partial charge in [0.15, 0.2) is 0 Å². The predicted octanol–water partition coefficient (Wildman–Crippen LogP) is 1.09. The van der Waals surface area contributed by atoms with Crippen LogP contribution in [0.15, 0.2) is 29.2 Å². The first-order valence-electron chi connectivity index (χ1n) is 5.95. The number of nitrogens with two attached hydrogens (primary N) is 1. The average molecular weight is 271 g/mol. The van der Waals surface area contributed by atoms with E-state index in [0.717, 1.165) is 19.4 Å². The zero-order chi connectivity index (χ0) is 13.6. The zero-order valence-electron chi connectivity index (χ0n) is 10.9. The molecule has 1 aromatic rings. The zero-order valence-corrected chi connectivity index (χ0v) is 11.7. The van der Waals surface area contributed by atoms with Crippen molar-refractivity contribution in [3.8, 4) is 0 Å². The largest absolute Gasteiger partial charge is 0.384 e. The fourth-order valence-corrected chi connectivity index (χ4v) is 2.59. The lowest BCUT2D eigenvalue weighted by molar-refractivity contribution is 0.521. The minimum Gasteiger partial charge on any atom is -0.384 e. The molecule has 0 atom stereocenters. The molecule has 0 fully saturated rings. The van der Waals surface area contributed by atoms with E-state index in [0.29, 0.717) is 17.1 Å². The summed E-state index contributed by atoms with van der Waals surface area (Å²) in [5, 5.41) is 3.15. The summed E-state index contributed by atoms with van der Waals surface area (Å²) in [5.41, 5.74) is 6.06. The van der Waals surface area contributed by atoms with E-state index in [1.165, 1.54) is 18.4 Å². The van der Waals surface area contributed by atoms with Crippen LogP contribution >= 0.6 is 0 Å². The van der Waals surface area contributed by atoms with Crippen molar-refractivity contribution in [3.05, 3.63) is 24.3 Å². The molecule has 0 amide bonds. The Morgan fingerprint density at radius 2 is 1.89 bits per heavy atom. The molecule has 0 aliphatic rings. The van der Waals surface area contributed by atoms with E-state index in [2.05, 4.69) is 5.32 Å². The molecule has 1 rings (SSSR count). The van der Waals surface area contributed by atoms with Gasteiger partial charge in [0.2, 0.25) is 10.0 Å². The van der Waals surface area contributed by atoms with Crippen LogP contribution in [0.1, 0.15) is 12.8 Å². The minimum absolute atomic E-state index is 0.308. The highest BCUT2D eigenvalue weighted by Crippen LogP contribution is 2.22. The van der Waals surface area contributed by atoms with Crippen LogP contribution < -0.4 is 11.1 Å². The van der Waals surface area contributed by atoms with Crippen molar-refractivity contribution in [3.63, 3.8) is 0 Å². The summed E-state index contributed by atoms with van der Waals surface area (Å²) >= 11 is 0. The van der Waals surface area contributed by atoms with Crippen LogP contribution in [-0.4, -0.2) is 39.9 Å². The lowest BCUT2D eigenvalue weighted by Gasteiger charge is -2.16. The van der Waals surface area contributed by atoms with E-state index >= 15 is 0 Å². The van der Waals surface area contributed by atoms with Crippen LogP contribution in [0.2, 0.25) is 0 Å². The van der Waals surface area contributed by atoms with Gasteiger partial charge in [0.1, 0.15) is 4.90 Å². The third-order valence-corrected chi connectivity index (χ3v) is 4.47. The van der Waals surface area contributed by atoms with Crippen LogP contribution in [0.5, 0.6) is 0 Å². The molecule has 0 bridgehead atoms. The highest BCUT2D eigenvalue weighted by atomic mass is 32.2. The molecule has 18 heavy (non-hydrogen) atoms. The number of para-hydroxylation sites is 1. The van der Waals surface area contributed by atoms with E-state index in [4.69, 9.17) is 5.73 Å². The van der Waals surface area contributed by atoms with Gasteiger partial charge in [-0.3, -0.25) is 0 Å². The molecule has 0 spiro atoms. The van der Waals surface area contributed by atoms with Crippen LogP contribution in [0.25, 0.3) is 0 Å². The number of rotatable bonds is 7. The fourth-order valence-electron chi connectivity index (χ4n) is 1.53. The maximum absolute atomic E-state index is 12.1. The van der Waals surface area contributed by atoms with Crippen molar-refractivity contribution in [2.24, 2.45) is 5.73 Å². The highest BCUT2D eigenvalue weighted by molar-refractivity contribution is 7.89. The van der Waals surface area contributed by atoms with Crippen molar-refractivity contribution in [1.29, 1.82) is 0 Å². The monoisotopic (exact) mass is 271 g/mol. The number of sulfonamides is 1. The number of nitrogens with zero attached hydrogens (tertiary/aromatic N) is 1. The smallest absolute Gasteiger partial charge is 0.244 e. The SMILES string of the molecule is CN(C)S(=O)(=O)c1ccccc1NCCCCN. The van der Waals surface area contributed by atoms with Crippen LogP contribution in [0.4, 0.5) is 5.69 Å². The van der Waals surface area contributed by atoms with Crippen molar-refractivity contribution in [2.75, 3.05) is 32.5 Å². The van der Waals surface area contributed by atoms with Gasteiger partial charge in [-0.2, -0.15) is 0 Å². The van der Waals surface area contributed by atoms with E-state index in [-0.39, 0.29) is 0 Å². The molecule has 0 radical (unpaired) electrons. The Hall–Kier alpha value is -1.11. The molecule has 0 aliphatic carbocycles. The van der Waals surface area contributed by atoms with E-state index in [1.54, 1.807) is 18.2 Å². The first-order valence-corrected chi connectivity index (χ1v) is 7.39. The van der Waals surface area contributed by atoms with Gasteiger partial charge in [-0.1, -0.05) is 12.1 Å². The molecule has 3 N–H and O–H groups in total. The normalized spacial score (nSPS) is 11.8. The molecular formula is C12H21N3O2S. The Balaban J connectivity index is 2.87. The van der Waals surface area contributed by atoms with Crippen molar-refractivity contribution in [2.45, 2.75) is 17.7 Å². The third-order valence-electron chi connectivity index (χ3n) is 2.59. The molecule has 6 heteroatoms. The number of hydrogen-bond acceptors (Lipinski definition) is 4. The molecule has 0 aromatic heterocycles. The second-order valence-electron chi connectivity index (χ2n) is 4.21. The van der Waals surface area contributed by atoms with Gasteiger partial charge in [0, 0.05) is 20.6 Å². The molecule has 0 aliphatic heterocycles. The quantitative estimate of drug-likeness (QED) is 0.728. The summed E-state index contributed by atoms with van der Waals surface area (Å²) in [6.07, 6.45) is 1.85. The lowest BCUT2D eigenvalue weighted by atomic mass is 10.3.